The van der Waals surface area contributed by atoms with Crippen LogP contribution < -0.4 is 5.32 Å². The summed E-state index contributed by atoms with van der Waals surface area (Å²) in [5, 5.41) is 3.52. The number of sulfonamides is 1. The van der Waals surface area contributed by atoms with Crippen LogP contribution in [0.5, 0.6) is 0 Å². The van der Waals surface area contributed by atoms with E-state index in [2.05, 4.69) is 5.32 Å². The van der Waals surface area contributed by atoms with Crippen LogP contribution in [0.3, 0.4) is 0 Å². The number of benzene rings is 3. The maximum atomic E-state index is 13.9. The molecule has 0 saturated heterocycles. The fourth-order valence-electron chi connectivity index (χ4n) is 4.57. The Labute approximate surface area is 243 Å². The van der Waals surface area contributed by atoms with E-state index in [1.165, 1.54) is 23.1 Å². The van der Waals surface area contributed by atoms with Crippen molar-refractivity contribution in [1.82, 2.24) is 14.5 Å². The predicted molar refractivity (Wildman–Crippen MR) is 154 cm³/mol. The van der Waals surface area contributed by atoms with Crippen LogP contribution in [0.2, 0.25) is 10.0 Å². The normalized spacial score (nSPS) is 14.5. The third-order valence-corrected chi connectivity index (χ3v) is 9.20. The molecule has 0 bridgehead atoms. The van der Waals surface area contributed by atoms with Gasteiger partial charge >= 0.3 is 0 Å². The number of fused-ring (bicyclic) bond motifs is 1. The number of carbonyl (C=O) groups is 3. The van der Waals surface area contributed by atoms with Crippen LogP contribution in [0.15, 0.2) is 77.7 Å². The van der Waals surface area contributed by atoms with Crippen molar-refractivity contribution in [2.45, 2.75) is 43.7 Å². The van der Waals surface area contributed by atoms with Gasteiger partial charge in [0.1, 0.15) is 10.9 Å². The standard InChI is InChI=1S/C29H29Cl2N3O5S/c1-2-16-32-28(36)25(18-20-9-4-3-5-10-20)33(19-22-23(30)12-8-13-24(22)31)27(35)15-17-34-29(37)21-11-6-7-14-26(21)40(34,38)39/h3-14,25H,2,15-19H2,1H3,(H,32,36)/t25-/m1/s1. The van der Waals surface area contributed by atoms with Gasteiger partial charge in [-0.05, 0) is 36.2 Å². The summed E-state index contributed by atoms with van der Waals surface area (Å²) in [6.07, 6.45) is 0.563. The highest BCUT2D eigenvalue weighted by Crippen LogP contribution is 2.31. The molecule has 0 radical (unpaired) electrons. The highest BCUT2D eigenvalue weighted by molar-refractivity contribution is 7.90. The Bertz CT molecular complexity index is 1490. The van der Waals surface area contributed by atoms with Gasteiger partial charge in [-0.2, -0.15) is 0 Å². The minimum atomic E-state index is -4.09. The number of amides is 3. The number of rotatable bonds is 11. The Kier molecular flexibility index (Phi) is 9.50. The van der Waals surface area contributed by atoms with Gasteiger partial charge in [0.25, 0.3) is 15.9 Å². The lowest BCUT2D eigenvalue weighted by atomic mass is 10.0. The number of hydrogen-bond donors (Lipinski definition) is 1. The largest absolute Gasteiger partial charge is 0.354 e. The molecule has 3 aromatic rings. The zero-order valence-electron chi connectivity index (χ0n) is 21.8. The van der Waals surface area contributed by atoms with E-state index < -0.39 is 27.9 Å². The first kappa shape index (κ1) is 29.6. The van der Waals surface area contributed by atoms with Gasteiger partial charge in [-0.1, -0.05) is 78.7 Å². The van der Waals surface area contributed by atoms with E-state index in [-0.39, 0.29) is 42.3 Å². The number of hydrogen-bond acceptors (Lipinski definition) is 5. The van der Waals surface area contributed by atoms with Crippen LogP contribution in [0.1, 0.15) is 41.3 Å². The molecular weight excluding hydrogens is 573 g/mol. The Morgan fingerprint density at radius 3 is 2.25 bits per heavy atom. The molecule has 3 amide bonds. The van der Waals surface area contributed by atoms with Crippen molar-refractivity contribution in [2.75, 3.05) is 13.1 Å². The third kappa shape index (κ3) is 6.32. The fourth-order valence-corrected chi connectivity index (χ4v) is 6.65. The molecule has 0 unspecified atom stereocenters. The third-order valence-electron chi connectivity index (χ3n) is 6.65. The topological polar surface area (TPSA) is 104 Å². The molecule has 0 fully saturated rings. The minimum absolute atomic E-state index is 0.0653. The minimum Gasteiger partial charge on any atom is -0.354 e. The van der Waals surface area contributed by atoms with Crippen molar-refractivity contribution in [3.05, 3.63) is 99.5 Å². The molecule has 4 rings (SSSR count). The Balaban J connectivity index is 1.66. The van der Waals surface area contributed by atoms with Crippen LogP contribution in [0.4, 0.5) is 0 Å². The highest BCUT2D eigenvalue weighted by Gasteiger charge is 2.41. The molecule has 210 valence electrons. The second-order valence-corrected chi connectivity index (χ2v) is 12.0. The van der Waals surface area contributed by atoms with E-state index in [1.807, 2.05) is 37.3 Å². The van der Waals surface area contributed by atoms with Gasteiger partial charge in [0.2, 0.25) is 11.8 Å². The lowest BCUT2D eigenvalue weighted by molar-refractivity contribution is -0.141. The number of carbonyl (C=O) groups excluding carboxylic acids is 3. The van der Waals surface area contributed by atoms with Crippen LogP contribution in [0.25, 0.3) is 0 Å². The van der Waals surface area contributed by atoms with Crippen molar-refractivity contribution < 1.29 is 22.8 Å². The van der Waals surface area contributed by atoms with Gasteiger partial charge in [0.05, 0.1) is 5.56 Å². The first-order valence-electron chi connectivity index (χ1n) is 12.8. The van der Waals surface area contributed by atoms with Crippen molar-refractivity contribution in [3.63, 3.8) is 0 Å². The lowest BCUT2D eigenvalue weighted by Gasteiger charge is -2.32. The van der Waals surface area contributed by atoms with Crippen molar-refractivity contribution in [3.8, 4) is 0 Å². The number of nitrogens with one attached hydrogen (secondary N) is 1. The number of halogens is 2. The quantitative estimate of drug-likeness (QED) is 0.343. The molecule has 40 heavy (non-hydrogen) atoms. The summed E-state index contributed by atoms with van der Waals surface area (Å²) in [6, 6.07) is 19.2. The molecule has 0 spiro atoms. The van der Waals surface area contributed by atoms with E-state index in [4.69, 9.17) is 23.2 Å². The van der Waals surface area contributed by atoms with Gasteiger partial charge < -0.3 is 10.2 Å². The molecule has 1 atom stereocenters. The van der Waals surface area contributed by atoms with Gasteiger partial charge in [-0.15, -0.1) is 0 Å². The average molecular weight is 603 g/mol. The van der Waals surface area contributed by atoms with Crippen LogP contribution in [-0.2, 0) is 32.6 Å². The second kappa shape index (κ2) is 12.8. The summed E-state index contributed by atoms with van der Waals surface area (Å²) >= 11 is 12.9. The van der Waals surface area contributed by atoms with Crippen molar-refractivity contribution in [2.24, 2.45) is 0 Å². The molecule has 3 aromatic carbocycles. The van der Waals surface area contributed by atoms with Crippen LogP contribution >= 0.6 is 23.2 Å². The summed E-state index contributed by atoms with van der Waals surface area (Å²) in [5.41, 5.74) is 1.35. The molecule has 0 aromatic heterocycles. The van der Waals surface area contributed by atoms with Crippen molar-refractivity contribution >= 4 is 50.9 Å². The fraction of sp³-hybridized carbons (Fsp3) is 0.276. The smallest absolute Gasteiger partial charge is 0.269 e. The highest BCUT2D eigenvalue weighted by atomic mass is 35.5. The molecule has 0 aliphatic carbocycles. The molecule has 8 nitrogen and oxygen atoms in total. The van der Waals surface area contributed by atoms with Gasteiger partial charge in [0.15, 0.2) is 0 Å². The monoisotopic (exact) mass is 601 g/mol. The SMILES string of the molecule is CCCNC(=O)[C@@H](Cc1ccccc1)N(Cc1c(Cl)cccc1Cl)C(=O)CCN1C(=O)c2ccccc2S1(=O)=O. The molecule has 1 aliphatic rings. The molecular formula is C29H29Cl2N3O5S. The maximum Gasteiger partial charge on any atom is 0.269 e. The predicted octanol–water partition coefficient (Wildman–Crippen LogP) is 4.69. The van der Waals surface area contributed by atoms with Gasteiger partial charge in [-0.3, -0.25) is 14.4 Å². The Morgan fingerprint density at radius 1 is 0.950 bits per heavy atom. The van der Waals surface area contributed by atoms with Gasteiger partial charge in [-0.25, -0.2) is 12.7 Å². The maximum absolute atomic E-state index is 13.9. The molecule has 1 N–H and O–H groups in total. The van der Waals surface area contributed by atoms with E-state index in [0.29, 0.717) is 32.9 Å². The first-order chi connectivity index (χ1) is 19.1. The van der Waals surface area contributed by atoms with Gasteiger partial charge in [0, 0.05) is 48.1 Å². The van der Waals surface area contributed by atoms with E-state index in [0.717, 1.165) is 5.56 Å². The Morgan fingerprint density at radius 2 is 1.60 bits per heavy atom. The molecule has 0 saturated carbocycles. The van der Waals surface area contributed by atoms with Crippen molar-refractivity contribution in [1.29, 1.82) is 0 Å². The summed E-state index contributed by atoms with van der Waals surface area (Å²) in [7, 11) is -4.09. The summed E-state index contributed by atoms with van der Waals surface area (Å²) in [6.45, 7) is 1.87. The summed E-state index contributed by atoms with van der Waals surface area (Å²) in [4.78, 5) is 41.5. The van der Waals surface area contributed by atoms with Crippen LogP contribution in [-0.4, -0.2) is 54.5 Å². The molecule has 1 heterocycles. The van der Waals surface area contributed by atoms with Crippen LogP contribution in [0, 0.1) is 0 Å². The summed E-state index contributed by atoms with van der Waals surface area (Å²) in [5.74, 6) is -1.58. The molecule has 1 aliphatic heterocycles. The molecule has 11 heteroatoms. The second-order valence-electron chi connectivity index (χ2n) is 9.35. The summed E-state index contributed by atoms with van der Waals surface area (Å²) < 4.78 is 26.8. The zero-order chi connectivity index (χ0) is 28.9. The lowest BCUT2D eigenvalue weighted by Crippen LogP contribution is -2.51. The Hall–Kier alpha value is -3.40. The van der Waals surface area contributed by atoms with E-state index >= 15 is 0 Å². The zero-order valence-corrected chi connectivity index (χ0v) is 24.2. The average Bonchev–Trinajstić information content (AvgIpc) is 3.14. The first-order valence-corrected chi connectivity index (χ1v) is 15.0. The van der Waals surface area contributed by atoms with E-state index in [9.17, 15) is 22.8 Å². The van der Waals surface area contributed by atoms with E-state index in [1.54, 1.807) is 24.3 Å². The number of nitrogens with zero attached hydrogens (tertiary/aromatic N) is 2.